The Morgan fingerprint density at radius 2 is 1.94 bits per heavy atom. The van der Waals surface area contributed by atoms with E-state index in [1.54, 1.807) is 0 Å². The van der Waals surface area contributed by atoms with Crippen LogP contribution in [0.25, 0.3) is 0 Å². The van der Waals surface area contributed by atoms with Crippen LogP contribution in [0, 0.1) is 5.92 Å². The molecule has 1 nitrogen and oxygen atoms in total. The summed E-state index contributed by atoms with van der Waals surface area (Å²) in [4.78, 5) is 0. The molecule has 0 fully saturated rings. The molecule has 0 aliphatic carbocycles. The summed E-state index contributed by atoms with van der Waals surface area (Å²) in [7, 11) is 0. The Morgan fingerprint density at radius 3 is 2.53 bits per heavy atom. The van der Waals surface area contributed by atoms with Crippen molar-refractivity contribution in [1.29, 1.82) is 0 Å². The third-order valence-electron chi connectivity index (χ3n) is 3.39. The summed E-state index contributed by atoms with van der Waals surface area (Å²) < 4.78 is 1.24. The van der Waals surface area contributed by atoms with Gasteiger partial charge in [-0.05, 0) is 43.9 Å². The van der Waals surface area contributed by atoms with Crippen LogP contribution in [0.2, 0.25) is 0 Å². The van der Waals surface area contributed by atoms with Crippen LogP contribution >= 0.6 is 15.9 Å². The van der Waals surface area contributed by atoms with Crippen LogP contribution in [0.15, 0.2) is 28.7 Å². The molecule has 1 N–H and O–H groups in total. The summed E-state index contributed by atoms with van der Waals surface area (Å²) in [5, 5.41) is 3.61. The molecule has 0 aromatic heterocycles. The average molecular weight is 298 g/mol. The molecular formula is C15H24BrN. The molecule has 96 valence electrons. The van der Waals surface area contributed by atoms with Crippen molar-refractivity contribution >= 4 is 15.9 Å². The fourth-order valence-electron chi connectivity index (χ4n) is 2.16. The lowest BCUT2D eigenvalue weighted by Gasteiger charge is -2.24. The lowest BCUT2D eigenvalue weighted by Crippen LogP contribution is -2.34. The first-order valence-electron chi connectivity index (χ1n) is 6.65. The predicted octanol–water partition coefficient (Wildman–Crippen LogP) is 4.41. The third-order valence-corrected chi connectivity index (χ3v) is 4.16. The number of hydrogen-bond donors (Lipinski definition) is 1. The van der Waals surface area contributed by atoms with Gasteiger partial charge in [-0.15, -0.1) is 0 Å². The third kappa shape index (κ3) is 4.81. The smallest absolute Gasteiger partial charge is 0.0207 e. The van der Waals surface area contributed by atoms with Crippen molar-refractivity contribution < 1.29 is 0 Å². The lowest BCUT2D eigenvalue weighted by atomic mass is 9.91. The van der Waals surface area contributed by atoms with Gasteiger partial charge in [0.05, 0.1) is 0 Å². The lowest BCUT2D eigenvalue weighted by molar-refractivity contribution is 0.362. The van der Waals surface area contributed by atoms with E-state index in [2.05, 4.69) is 66.3 Å². The second-order valence-electron chi connectivity index (χ2n) is 4.71. The Balaban J connectivity index is 2.60. The standard InChI is InChI=1S/C15H24BrN/c1-4-10-17-12(3)13(5-2)11-14-8-6-7-9-15(14)16/h6-9,12-13,17H,4-5,10-11H2,1-3H3. The van der Waals surface area contributed by atoms with Crippen molar-refractivity contribution in [3.63, 3.8) is 0 Å². The highest BCUT2D eigenvalue weighted by molar-refractivity contribution is 9.10. The van der Waals surface area contributed by atoms with Gasteiger partial charge in [0, 0.05) is 10.5 Å². The van der Waals surface area contributed by atoms with E-state index in [9.17, 15) is 0 Å². The molecule has 0 bridgehead atoms. The predicted molar refractivity (Wildman–Crippen MR) is 79.4 cm³/mol. The van der Waals surface area contributed by atoms with Gasteiger partial charge >= 0.3 is 0 Å². The molecule has 0 aliphatic heterocycles. The maximum atomic E-state index is 3.64. The van der Waals surface area contributed by atoms with Crippen molar-refractivity contribution in [2.24, 2.45) is 5.92 Å². The maximum absolute atomic E-state index is 3.64. The van der Waals surface area contributed by atoms with Crippen molar-refractivity contribution in [3.05, 3.63) is 34.3 Å². The number of nitrogens with one attached hydrogen (secondary N) is 1. The summed E-state index contributed by atoms with van der Waals surface area (Å²) >= 11 is 3.64. The molecule has 2 heteroatoms. The highest BCUT2D eigenvalue weighted by atomic mass is 79.9. The van der Waals surface area contributed by atoms with Crippen LogP contribution in [0.3, 0.4) is 0 Å². The first-order chi connectivity index (χ1) is 8.19. The normalized spacial score (nSPS) is 14.6. The van der Waals surface area contributed by atoms with Crippen LogP contribution in [0.4, 0.5) is 0 Å². The Morgan fingerprint density at radius 1 is 1.24 bits per heavy atom. The Labute approximate surface area is 114 Å². The van der Waals surface area contributed by atoms with Crippen molar-refractivity contribution in [3.8, 4) is 0 Å². The Kier molecular flexibility index (Phi) is 6.83. The number of rotatable bonds is 7. The molecule has 0 heterocycles. The summed E-state index contributed by atoms with van der Waals surface area (Å²) in [5.74, 6) is 0.709. The fraction of sp³-hybridized carbons (Fsp3) is 0.600. The zero-order valence-electron chi connectivity index (χ0n) is 11.2. The van der Waals surface area contributed by atoms with Crippen LogP contribution in [0.5, 0.6) is 0 Å². The topological polar surface area (TPSA) is 12.0 Å². The number of halogens is 1. The maximum Gasteiger partial charge on any atom is 0.0207 e. The molecule has 1 aromatic rings. The first kappa shape index (κ1) is 14.7. The van der Waals surface area contributed by atoms with Gasteiger partial charge in [-0.1, -0.05) is 54.4 Å². The molecular weight excluding hydrogens is 274 g/mol. The van der Waals surface area contributed by atoms with Gasteiger partial charge in [-0.3, -0.25) is 0 Å². The zero-order valence-corrected chi connectivity index (χ0v) is 12.8. The molecule has 0 radical (unpaired) electrons. The summed E-state index contributed by atoms with van der Waals surface area (Å²) in [6.07, 6.45) is 3.57. The van der Waals surface area contributed by atoms with Gasteiger partial charge in [0.15, 0.2) is 0 Å². The van der Waals surface area contributed by atoms with E-state index in [-0.39, 0.29) is 0 Å². The van der Waals surface area contributed by atoms with Gasteiger partial charge in [-0.25, -0.2) is 0 Å². The number of benzene rings is 1. The summed E-state index contributed by atoms with van der Waals surface area (Å²) in [5.41, 5.74) is 1.42. The van der Waals surface area contributed by atoms with E-state index < -0.39 is 0 Å². The van der Waals surface area contributed by atoms with Gasteiger partial charge in [0.1, 0.15) is 0 Å². The quantitative estimate of drug-likeness (QED) is 0.786. The van der Waals surface area contributed by atoms with Gasteiger partial charge in [0.2, 0.25) is 0 Å². The largest absolute Gasteiger partial charge is 0.314 e. The minimum absolute atomic E-state index is 0.590. The van der Waals surface area contributed by atoms with E-state index in [1.807, 2.05) is 0 Å². The molecule has 0 aliphatic rings. The van der Waals surface area contributed by atoms with Crippen LogP contribution < -0.4 is 5.32 Å². The monoisotopic (exact) mass is 297 g/mol. The minimum Gasteiger partial charge on any atom is -0.314 e. The zero-order chi connectivity index (χ0) is 12.7. The molecule has 17 heavy (non-hydrogen) atoms. The second kappa shape index (κ2) is 7.88. The van der Waals surface area contributed by atoms with E-state index in [4.69, 9.17) is 0 Å². The van der Waals surface area contributed by atoms with E-state index in [1.165, 1.54) is 22.9 Å². The molecule has 0 amide bonds. The second-order valence-corrected chi connectivity index (χ2v) is 5.56. The fourth-order valence-corrected chi connectivity index (χ4v) is 2.61. The van der Waals surface area contributed by atoms with Gasteiger partial charge < -0.3 is 5.32 Å². The Bertz CT molecular complexity index is 324. The average Bonchev–Trinajstić information content (AvgIpc) is 2.35. The highest BCUT2D eigenvalue weighted by Gasteiger charge is 2.16. The van der Waals surface area contributed by atoms with E-state index in [0.717, 1.165) is 13.0 Å². The molecule has 2 atom stereocenters. The molecule has 1 rings (SSSR count). The summed E-state index contributed by atoms with van der Waals surface area (Å²) in [6.45, 7) is 7.92. The van der Waals surface area contributed by atoms with Crippen molar-refractivity contribution in [1.82, 2.24) is 5.32 Å². The van der Waals surface area contributed by atoms with E-state index in [0.29, 0.717) is 12.0 Å². The van der Waals surface area contributed by atoms with Crippen molar-refractivity contribution in [2.45, 2.75) is 46.1 Å². The minimum atomic E-state index is 0.590. The first-order valence-corrected chi connectivity index (χ1v) is 7.45. The molecule has 0 spiro atoms. The summed E-state index contributed by atoms with van der Waals surface area (Å²) in [6, 6.07) is 9.14. The number of hydrogen-bond acceptors (Lipinski definition) is 1. The van der Waals surface area contributed by atoms with Crippen LogP contribution in [0.1, 0.15) is 39.2 Å². The van der Waals surface area contributed by atoms with Gasteiger partial charge in [0.25, 0.3) is 0 Å². The Hall–Kier alpha value is -0.340. The molecule has 0 saturated heterocycles. The van der Waals surface area contributed by atoms with E-state index >= 15 is 0 Å². The SMILES string of the molecule is CCCNC(C)C(CC)Cc1ccccc1Br. The van der Waals surface area contributed by atoms with Gasteiger partial charge in [-0.2, -0.15) is 0 Å². The van der Waals surface area contributed by atoms with Crippen molar-refractivity contribution in [2.75, 3.05) is 6.54 Å². The molecule has 1 aromatic carbocycles. The van der Waals surface area contributed by atoms with Crippen LogP contribution in [-0.4, -0.2) is 12.6 Å². The molecule has 0 saturated carbocycles. The highest BCUT2D eigenvalue weighted by Crippen LogP contribution is 2.22. The van der Waals surface area contributed by atoms with Crippen LogP contribution in [-0.2, 0) is 6.42 Å². The molecule has 2 unspecified atom stereocenters.